The van der Waals surface area contributed by atoms with E-state index >= 15 is 0 Å². The average molecular weight is 231 g/mol. The maximum absolute atomic E-state index is 3.59. The summed E-state index contributed by atoms with van der Waals surface area (Å²) in [5.74, 6) is 1.25. The molecule has 1 unspecified atom stereocenters. The third-order valence-electron chi connectivity index (χ3n) is 2.37. The van der Waals surface area contributed by atoms with E-state index in [9.17, 15) is 0 Å². The lowest BCUT2D eigenvalue weighted by Crippen LogP contribution is -2.32. The Bertz CT molecular complexity index is 149. The monoisotopic (exact) mass is 231 g/mol. The van der Waals surface area contributed by atoms with Crippen LogP contribution in [-0.4, -0.2) is 23.6 Å². The van der Waals surface area contributed by atoms with Crippen molar-refractivity contribution >= 4 is 11.8 Å². The van der Waals surface area contributed by atoms with Crippen LogP contribution in [0.3, 0.4) is 0 Å². The Morgan fingerprint density at radius 2 is 1.80 bits per heavy atom. The van der Waals surface area contributed by atoms with Crippen molar-refractivity contribution in [3.63, 3.8) is 0 Å². The molecule has 0 aliphatic carbocycles. The first-order chi connectivity index (χ1) is 6.85. The van der Waals surface area contributed by atoms with Gasteiger partial charge in [0.15, 0.2) is 0 Å². The summed E-state index contributed by atoms with van der Waals surface area (Å²) < 4.78 is 0. The van der Waals surface area contributed by atoms with Gasteiger partial charge in [-0.3, -0.25) is 0 Å². The highest BCUT2D eigenvalue weighted by atomic mass is 32.2. The fourth-order valence-electron chi connectivity index (χ4n) is 1.45. The summed E-state index contributed by atoms with van der Waals surface area (Å²) in [6.07, 6.45) is 2.61. The minimum absolute atomic E-state index is 0.468. The minimum atomic E-state index is 0.468. The molecule has 1 atom stereocenters. The standard InChI is InChI=1S/C13H29NS/c1-7-14-12(10-15-11(2)3)8-9-13(4,5)6/h11-12,14H,7-10H2,1-6H3. The van der Waals surface area contributed by atoms with Crippen LogP contribution in [0.2, 0.25) is 0 Å². The zero-order chi connectivity index (χ0) is 11.9. The van der Waals surface area contributed by atoms with E-state index in [1.54, 1.807) is 0 Å². The molecule has 0 saturated carbocycles. The van der Waals surface area contributed by atoms with Crippen molar-refractivity contribution in [2.45, 2.75) is 65.7 Å². The quantitative estimate of drug-likeness (QED) is 0.712. The van der Waals surface area contributed by atoms with Gasteiger partial charge in [-0.2, -0.15) is 11.8 Å². The summed E-state index contributed by atoms with van der Waals surface area (Å²) >= 11 is 2.07. The Kier molecular flexibility index (Phi) is 7.72. The zero-order valence-corrected chi connectivity index (χ0v) is 12.2. The molecule has 0 fully saturated rings. The molecule has 0 aromatic heterocycles. The Labute approximate surface area is 101 Å². The van der Waals surface area contributed by atoms with Crippen LogP contribution in [0, 0.1) is 5.41 Å². The predicted octanol–water partition coefficient (Wildman–Crippen LogP) is 3.93. The molecule has 0 spiro atoms. The van der Waals surface area contributed by atoms with Gasteiger partial charge in [0.2, 0.25) is 0 Å². The molecule has 1 N–H and O–H groups in total. The molecule has 0 radical (unpaired) electrons. The van der Waals surface area contributed by atoms with Gasteiger partial charge in [0.1, 0.15) is 0 Å². The molecular weight excluding hydrogens is 202 g/mol. The normalized spacial score (nSPS) is 14.6. The Hall–Kier alpha value is 0.310. The Morgan fingerprint density at radius 3 is 2.20 bits per heavy atom. The summed E-state index contributed by atoms with van der Waals surface area (Å²) in [7, 11) is 0. The number of nitrogens with one attached hydrogen (secondary N) is 1. The van der Waals surface area contributed by atoms with Gasteiger partial charge in [0.05, 0.1) is 0 Å². The highest BCUT2D eigenvalue weighted by Crippen LogP contribution is 2.23. The molecule has 0 aromatic carbocycles. The van der Waals surface area contributed by atoms with E-state index in [0.29, 0.717) is 11.5 Å². The molecule has 0 heterocycles. The first-order valence-electron chi connectivity index (χ1n) is 6.20. The second-order valence-corrected chi connectivity index (χ2v) is 7.35. The smallest absolute Gasteiger partial charge is 0.0158 e. The molecule has 0 rings (SSSR count). The molecule has 0 aliphatic heterocycles. The fourth-order valence-corrected chi connectivity index (χ4v) is 2.35. The highest BCUT2D eigenvalue weighted by Gasteiger charge is 2.15. The molecule has 92 valence electrons. The summed E-state index contributed by atoms with van der Waals surface area (Å²) in [5.41, 5.74) is 0.468. The Morgan fingerprint density at radius 1 is 1.20 bits per heavy atom. The lowest BCUT2D eigenvalue weighted by Gasteiger charge is -2.24. The van der Waals surface area contributed by atoms with Crippen LogP contribution >= 0.6 is 11.8 Å². The first-order valence-corrected chi connectivity index (χ1v) is 7.25. The van der Waals surface area contributed by atoms with E-state index in [1.807, 2.05) is 0 Å². The largest absolute Gasteiger partial charge is 0.313 e. The van der Waals surface area contributed by atoms with Gasteiger partial charge in [0, 0.05) is 11.8 Å². The number of hydrogen-bond donors (Lipinski definition) is 1. The van der Waals surface area contributed by atoms with Gasteiger partial charge in [0.25, 0.3) is 0 Å². The van der Waals surface area contributed by atoms with Crippen molar-refractivity contribution < 1.29 is 0 Å². The van der Waals surface area contributed by atoms with Gasteiger partial charge in [-0.15, -0.1) is 0 Å². The van der Waals surface area contributed by atoms with Crippen LogP contribution in [0.15, 0.2) is 0 Å². The van der Waals surface area contributed by atoms with E-state index in [2.05, 4.69) is 58.6 Å². The van der Waals surface area contributed by atoms with Crippen molar-refractivity contribution in [1.82, 2.24) is 5.32 Å². The topological polar surface area (TPSA) is 12.0 Å². The highest BCUT2D eigenvalue weighted by molar-refractivity contribution is 7.99. The van der Waals surface area contributed by atoms with Gasteiger partial charge >= 0.3 is 0 Å². The molecule has 0 saturated heterocycles. The van der Waals surface area contributed by atoms with Crippen LogP contribution in [0.4, 0.5) is 0 Å². The summed E-state index contributed by atoms with van der Waals surface area (Å²) in [4.78, 5) is 0. The predicted molar refractivity (Wildman–Crippen MR) is 73.7 cm³/mol. The van der Waals surface area contributed by atoms with Crippen LogP contribution in [0.1, 0.15) is 54.4 Å². The number of thioether (sulfide) groups is 1. The van der Waals surface area contributed by atoms with Crippen LogP contribution in [0.25, 0.3) is 0 Å². The van der Waals surface area contributed by atoms with Gasteiger partial charge in [-0.05, 0) is 30.1 Å². The molecule has 15 heavy (non-hydrogen) atoms. The maximum atomic E-state index is 3.59. The molecule has 0 bridgehead atoms. The summed E-state index contributed by atoms with van der Waals surface area (Å²) in [6.45, 7) is 14.8. The SMILES string of the molecule is CCNC(CCC(C)(C)C)CSC(C)C. The lowest BCUT2D eigenvalue weighted by atomic mass is 9.89. The van der Waals surface area contributed by atoms with Crippen LogP contribution in [-0.2, 0) is 0 Å². The second kappa shape index (κ2) is 7.56. The third-order valence-corrected chi connectivity index (χ3v) is 3.63. The molecule has 2 heteroatoms. The van der Waals surface area contributed by atoms with Crippen molar-refractivity contribution in [2.75, 3.05) is 12.3 Å². The van der Waals surface area contributed by atoms with E-state index in [0.717, 1.165) is 11.8 Å². The minimum Gasteiger partial charge on any atom is -0.313 e. The van der Waals surface area contributed by atoms with E-state index in [4.69, 9.17) is 0 Å². The summed E-state index contributed by atoms with van der Waals surface area (Å²) in [5, 5.41) is 4.34. The molecular formula is C13H29NS. The number of hydrogen-bond acceptors (Lipinski definition) is 2. The zero-order valence-electron chi connectivity index (χ0n) is 11.4. The average Bonchev–Trinajstić information content (AvgIpc) is 2.08. The van der Waals surface area contributed by atoms with Gasteiger partial charge in [-0.25, -0.2) is 0 Å². The first kappa shape index (κ1) is 15.3. The second-order valence-electron chi connectivity index (χ2n) is 5.74. The molecule has 0 aliphatic rings. The van der Waals surface area contributed by atoms with Crippen LogP contribution in [0.5, 0.6) is 0 Å². The lowest BCUT2D eigenvalue weighted by molar-refractivity contribution is 0.340. The van der Waals surface area contributed by atoms with Gasteiger partial charge in [-0.1, -0.05) is 41.5 Å². The van der Waals surface area contributed by atoms with Gasteiger partial charge < -0.3 is 5.32 Å². The van der Waals surface area contributed by atoms with Crippen LogP contribution < -0.4 is 5.32 Å². The van der Waals surface area contributed by atoms with E-state index < -0.39 is 0 Å². The fraction of sp³-hybridized carbons (Fsp3) is 1.00. The molecule has 0 aromatic rings. The molecule has 0 amide bonds. The van der Waals surface area contributed by atoms with Crippen molar-refractivity contribution in [2.24, 2.45) is 5.41 Å². The third kappa shape index (κ3) is 10.6. The number of rotatable bonds is 7. The Balaban J connectivity index is 3.82. The maximum Gasteiger partial charge on any atom is 0.0158 e. The van der Waals surface area contributed by atoms with E-state index in [-0.39, 0.29) is 0 Å². The molecule has 1 nitrogen and oxygen atoms in total. The van der Waals surface area contributed by atoms with Crippen molar-refractivity contribution in [1.29, 1.82) is 0 Å². The van der Waals surface area contributed by atoms with Crippen molar-refractivity contribution in [3.05, 3.63) is 0 Å². The summed E-state index contributed by atoms with van der Waals surface area (Å²) in [6, 6.07) is 0.696. The van der Waals surface area contributed by atoms with E-state index in [1.165, 1.54) is 18.6 Å². The van der Waals surface area contributed by atoms with Crippen molar-refractivity contribution in [3.8, 4) is 0 Å².